The molecule has 1 aliphatic rings. The van der Waals surface area contributed by atoms with Crippen LogP contribution >= 0.6 is 11.6 Å². The Hall–Kier alpha value is -2.22. The van der Waals surface area contributed by atoms with Crippen LogP contribution < -0.4 is 10.9 Å². The minimum atomic E-state index is -0.147. The number of nitrogens with one attached hydrogen (secondary N) is 2. The largest absolute Gasteiger partial charge is 0.314 e. The van der Waals surface area contributed by atoms with Gasteiger partial charge in [0, 0.05) is 26.2 Å². The Morgan fingerprint density at radius 3 is 2.67 bits per heavy atom. The Kier molecular flexibility index (Phi) is 5.24. The van der Waals surface area contributed by atoms with Crippen LogP contribution in [0.1, 0.15) is 30.8 Å². The van der Waals surface area contributed by atoms with Crippen molar-refractivity contribution in [1.82, 2.24) is 30.0 Å². The summed E-state index contributed by atoms with van der Waals surface area (Å²) in [5, 5.41) is 10.8. The summed E-state index contributed by atoms with van der Waals surface area (Å²) < 4.78 is 1.76. The molecule has 2 aromatic heterocycles. The van der Waals surface area contributed by atoms with Crippen molar-refractivity contribution >= 4 is 22.6 Å². The lowest BCUT2D eigenvalue weighted by molar-refractivity contribution is 0.159. The van der Waals surface area contributed by atoms with Crippen molar-refractivity contribution in [3.63, 3.8) is 0 Å². The van der Waals surface area contributed by atoms with Crippen molar-refractivity contribution < 1.29 is 0 Å². The van der Waals surface area contributed by atoms with E-state index in [2.05, 4.69) is 27.3 Å². The second kappa shape index (κ2) is 7.80. The van der Waals surface area contributed by atoms with Gasteiger partial charge in [-0.15, -0.1) is 0 Å². The Labute approximate surface area is 162 Å². The van der Waals surface area contributed by atoms with Crippen molar-refractivity contribution in [3.8, 4) is 0 Å². The molecule has 0 amide bonds. The number of piperazine rings is 1. The number of nitrogens with zero attached hydrogens (tertiary/aromatic N) is 4. The molecule has 1 fully saturated rings. The number of fused-ring (bicyclic) bond motifs is 1. The van der Waals surface area contributed by atoms with E-state index in [1.807, 2.05) is 30.3 Å². The molecule has 3 heterocycles. The third-order valence-corrected chi connectivity index (χ3v) is 5.39. The van der Waals surface area contributed by atoms with E-state index in [4.69, 9.17) is 16.6 Å². The zero-order valence-corrected chi connectivity index (χ0v) is 16.0. The molecule has 1 unspecified atom stereocenters. The van der Waals surface area contributed by atoms with Gasteiger partial charge in [-0.2, -0.15) is 5.10 Å². The van der Waals surface area contributed by atoms with Crippen LogP contribution in [0.15, 0.2) is 35.1 Å². The second-order valence-electron chi connectivity index (χ2n) is 6.79. The number of hydrogen-bond donors (Lipinski definition) is 2. The predicted molar refractivity (Wildman–Crippen MR) is 106 cm³/mol. The minimum absolute atomic E-state index is 0.0587. The number of aromatic amines is 1. The minimum Gasteiger partial charge on any atom is -0.314 e. The molecule has 4 rings (SSSR count). The topological polar surface area (TPSA) is 78.8 Å². The van der Waals surface area contributed by atoms with Crippen LogP contribution in [-0.4, -0.2) is 50.8 Å². The predicted octanol–water partition coefficient (Wildman–Crippen LogP) is 2.18. The van der Waals surface area contributed by atoms with Gasteiger partial charge in [-0.05, 0) is 12.0 Å². The molecule has 1 aromatic carbocycles. The fourth-order valence-corrected chi connectivity index (χ4v) is 3.97. The van der Waals surface area contributed by atoms with E-state index in [1.165, 1.54) is 0 Å². The smallest absolute Gasteiger partial charge is 0.266 e. The van der Waals surface area contributed by atoms with E-state index in [0.717, 1.165) is 44.0 Å². The monoisotopic (exact) mass is 386 g/mol. The number of halogens is 1. The molecular formula is C19H23ClN6O. The fraction of sp³-hybridized carbons (Fsp3) is 0.421. The van der Waals surface area contributed by atoms with E-state index in [1.54, 1.807) is 4.57 Å². The van der Waals surface area contributed by atoms with Crippen LogP contribution in [0.5, 0.6) is 0 Å². The molecule has 0 aliphatic carbocycles. The Morgan fingerprint density at radius 2 is 1.96 bits per heavy atom. The number of rotatable bonds is 5. The van der Waals surface area contributed by atoms with Crippen molar-refractivity contribution in [1.29, 1.82) is 0 Å². The number of hydrogen-bond acceptors (Lipinski definition) is 5. The zero-order chi connectivity index (χ0) is 18.8. The highest BCUT2D eigenvalue weighted by Crippen LogP contribution is 2.25. The first-order valence-electron chi connectivity index (χ1n) is 9.32. The average Bonchev–Trinajstić information content (AvgIpc) is 3.08. The van der Waals surface area contributed by atoms with Crippen LogP contribution in [0.4, 0.5) is 0 Å². The summed E-state index contributed by atoms with van der Waals surface area (Å²) in [5.74, 6) is 0.754. The lowest BCUT2D eigenvalue weighted by atomic mass is 10.1. The van der Waals surface area contributed by atoms with Gasteiger partial charge in [0.1, 0.15) is 16.4 Å². The van der Waals surface area contributed by atoms with Crippen LogP contribution in [0.3, 0.4) is 0 Å². The van der Waals surface area contributed by atoms with Gasteiger partial charge in [-0.1, -0.05) is 48.9 Å². The number of aromatic nitrogens is 4. The average molecular weight is 387 g/mol. The summed E-state index contributed by atoms with van der Waals surface area (Å²) in [7, 11) is 0. The second-order valence-corrected chi connectivity index (χ2v) is 7.17. The molecule has 27 heavy (non-hydrogen) atoms. The van der Waals surface area contributed by atoms with Gasteiger partial charge < -0.3 is 5.32 Å². The van der Waals surface area contributed by atoms with E-state index >= 15 is 0 Å². The molecule has 3 aromatic rings. The number of benzene rings is 1. The van der Waals surface area contributed by atoms with E-state index in [-0.39, 0.29) is 16.8 Å². The van der Waals surface area contributed by atoms with Crippen molar-refractivity contribution in [3.05, 3.63) is 57.2 Å². The van der Waals surface area contributed by atoms with Crippen molar-refractivity contribution in [2.45, 2.75) is 25.9 Å². The third kappa shape index (κ3) is 3.50. The standard InChI is InChI=1S/C19H23ClN6O/c1-2-14(25-10-8-21-9-11-25)18-22-17-15(16(20)23-24-17)19(27)26(18)12-13-6-4-3-5-7-13/h3-7,14,21H,2,8-12H2,1H3,(H,23,24). The van der Waals surface area contributed by atoms with Gasteiger partial charge in [0.15, 0.2) is 5.65 Å². The summed E-state index contributed by atoms with van der Waals surface area (Å²) in [6, 6.07) is 10.0. The Morgan fingerprint density at radius 1 is 1.22 bits per heavy atom. The van der Waals surface area contributed by atoms with Gasteiger partial charge in [-0.3, -0.25) is 19.4 Å². The lowest BCUT2D eigenvalue weighted by Gasteiger charge is -2.34. The van der Waals surface area contributed by atoms with Crippen LogP contribution in [0.25, 0.3) is 11.0 Å². The molecule has 2 N–H and O–H groups in total. The maximum absolute atomic E-state index is 13.3. The van der Waals surface area contributed by atoms with Crippen LogP contribution in [-0.2, 0) is 6.54 Å². The lowest BCUT2D eigenvalue weighted by Crippen LogP contribution is -2.46. The van der Waals surface area contributed by atoms with Gasteiger partial charge in [-0.25, -0.2) is 4.98 Å². The van der Waals surface area contributed by atoms with E-state index in [0.29, 0.717) is 17.6 Å². The van der Waals surface area contributed by atoms with Gasteiger partial charge in [0.05, 0.1) is 12.6 Å². The third-order valence-electron chi connectivity index (χ3n) is 5.12. The molecule has 0 radical (unpaired) electrons. The Balaban J connectivity index is 1.86. The maximum atomic E-state index is 13.3. The molecule has 0 saturated carbocycles. The van der Waals surface area contributed by atoms with Gasteiger partial charge in [0.2, 0.25) is 0 Å². The molecule has 142 valence electrons. The molecule has 0 bridgehead atoms. The molecule has 1 atom stereocenters. The first kappa shape index (κ1) is 18.2. The summed E-state index contributed by atoms with van der Waals surface area (Å²) >= 11 is 6.18. The zero-order valence-electron chi connectivity index (χ0n) is 15.3. The number of H-pyrrole nitrogens is 1. The molecule has 1 saturated heterocycles. The normalized spacial score (nSPS) is 16.7. The molecule has 1 aliphatic heterocycles. The summed E-state index contributed by atoms with van der Waals surface area (Å²) in [5.41, 5.74) is 1.29. The van der Waals surface area contributed by atoms with E-state index < -0.39 is 0 Å². The highest BCUT2D eigenvalue weighted by molar-refractivity contribution is 6.33. The van der Waals surface area contributed by atoms with Gasteiger partial charge >= 0.3 is 0 Å². The van der Waals surface area contributed by atoms with Gasteiger partial charge in [0.25, 0.3) is 5.56 Å². The highest BCUT2D eigenvalue weighted by atomic mass is 35.5. The SMILES string of the molecule is CCC(c1nc2n[nH]c(Cl)c2c(=O)n1Cc1ccccc1)N1CCNCC1. The summed E-state index contributed by atoms with van der Waals surface area (Å²) in [6.07, 6.45) is 0.866. The van der Waals surface area contributed by atoms with Crippen molar-refractivity contribution in [2.24, 2.45) is 0 Å². The first-order valence-corrected chi connectivity index (χ1v) is 9.69. The molecular weight excluding hydrogens is 364 g/mol. The van der Waals surface area contributed by atoms with Crippen LogP contribution in [0, 0.1) is 0 Å². The quantitative estimate of drug-likeness (QED) is 0.702. The fourth-order valence-electron chi connectivity index (χ4n) is 3.76. The first-order chi connectivity index (χ1) is 13.2. The van der Waals surface area contributed by atoms with Crippen molar-refractivity contribution in [2.75, 3.05) is 26.2 Å². The summed E-state index contributed by atoms with van der Waals surface area (Å²) in [4.78, 5) is 20.4. The molecule has 0 spiro atoms. The Bertz CT molecular complexity index is 977. The highest BCUT2D eigenvalue weighted by Gasteiger charge is 2.27. The van der Waals surface area contributed by atoms with E-state index in [9.17, 15) is 4.79 Å². The molecule has 8 heteroatoms. The van der Waals surface area contributed by atoms with Crippen LogP contribution in [0.2, 0.25) is 5.15 Å². The molecule has 7 nitrogen and oxygen atoms in total. The summed E-state index contributed by atoms with van der Waals surface area (Å²) in [6.45, 7) is 6.33. The maximum Gasteiger partial charge on any atom is 0.266 e.